The summed E-state index contributed by atoms with van der Waals surface area (Å²) in [5.74, 6) is -2.78. The number of carbonyl (C=O) groups excluding carboxylic acids is 1. The molecule has 8 heteroatoms. The normalized spacial score (nSPS) is 15.8. The van der Waals surface area contributed by atoms with Gasteiger partial charge in [-0.3, -0.25) is 19.7 Å². The van der Waals surface area contributed by atoms with E-state index in [1.54, 1.807) is 0 Å². The van der Waals surface area contributed by atoms with E-state index in [9.17, 15) is 24.1 Å². The predicted octanol–water partition coefficient (Wildman–Crippen LogP) is 1.67. The lowest BCUT2D eigenvalue weighted by Gasteiger charge is -2.30. The molecular formula is C13H13FN2O5. The Morgan fingerprint density at radius 3 is 2.48 bits per heavy atom. The van der Waals surface area contributed by atoms with Gasteiger partial charge in [0.25, 0.3) is 11.6 Å². The van der Waals surface area contributed by atoms with Crippen LogP contribution >= 0.6 is 0 Å². The second kappa shape index (κ2) is 5.86. The molecule has 21 heavy (non-hydrogen) atoms. The summed E-state index contributed by atoms with van der Waals surface area (Å²) in [5.41, 5.74) is -0.768. The van der Waals surface area contributed by atoms with Crippen LogP contribution in [0.4, 0.5) is 10.1 Å². The van der Waals surface area contributed by atoms with Crippen molar-refractivity contribution in [3.8, 4) is 0 Å². The van der Waals surface area contributed by atoms with Crippen molar-refractivity contribution >= 4 is 17.6 Å². The van der Waals surface area contributed by atoms with Gasteiger partial charge in [-0.05, 0) is 25.0 Å². The number of carbonyl (C=O) groups is 2. The number of likely N-dealkylation sites (tertiary alicyclic amines) is 1. The summed E-state index contributed by atoms with van der Waals surface area (Å²) in [6.45, 7) is 0.425. The van der Waals surface area contributed by atoms with E-state index in [-0.39, 0.29) is 18.7 Å². The van der Waals surface area contributed by atoms with Crippen LogP contribution < -0.4 is 0 Å². The van der Waals surface area contributed by atoms with Crippen LogP contribution in [0.1, 0.15) is 23.2 Å². The highest BCUT2D eigenvalue weighted by Gasteiger charge is 2.30. The molecule has 0 spiro atoms. The van der Waals surface area contributed by atoms with E-state index in [4.69, 9.17) is 5.11 Å². The van der Waals surface area contributed by atoms with E-state index in [0.29, 0.717) is 18.9 Å². The summed E-state index contributed by atoms with van der Waals surface area (Å²) in [6.07, 6.45) is 0.603. The van der Waals surface area contributed by atoms with E-state index in [2.05, 4.69) is 0 Å². The molecule has 0 atom stereocenters. The number of hydrogen-bond donors (Lipinski definition) is 1. The minimum absolute atomic E-state index is 0.185. The fourth-order valence-corrected chi connectivity index (χ4v) is 2.34. The topological polar surface area (TPSA) is 101 Å². The van der Waals surface area contributed by atoms with Crippen LogP contribution in [0.5, 0.6) is 0 Å². The molecule has 112 valence electrons. The van der Waals surface area contributed by atoms with Crippen LogP contribution in [0.15, 0.2) is 18.2 Å². The van der Waals surface area contributed by atoms with E-state index < -0.39 is 34.2 Å². The molecule has 1 amide bonds. The first-order valence-electron chi connectivity index (χ1n) is 6.36. The molecule has 1 heterocycles. The van der Waals surface area contributed by atoms with E-state index in [0.717, 1.165) is 12.1 Å². The molecule has 2 rings (SSSR count). The Labute approximate surface area is 119 Å². The fraction of sp³-hybridized carbons (Fsp3) is 0.385. The maximum Gasteiger partial charge on any atom is 0.306 e. The van der Waals surface area contributed by atoms with Gasteiger partial charge in [0, 0.05) is 13.1 Å². The molecule has 1 saturated heterocycles. The van der Waals surface area contributed by atoms with Crippen LogP contribution in [0, 0.1) is 21.8 Å². The second-order valence-corrected chi connectivity index (χ2v) is 4.82. The SMILES string of the molecule is O=C(O)C1CCN(C(=O)c2ccc(F)cc2[N+](=O)[O-])CC1. The summed E-state index contributed by atoms with van der Waals surface area (Å²) in [4.78, 5) is 34.6. The quantitative estimate of drug-likeness (QED) is 0.675. The van der Waals surface area contributed by atoms with Gasteiger partial charge >= 0.3 is 5.97 Å². The lowest BCUT2D eigenvalue weighted by molar-refractivity contribution is -0.385. The maximum absolute atomic E-state index is 13.1. The van der Waals surface area contributed by atoms with Crippen molar-refractivity contribution in [1.82, 2.24) is 4.90 Å². The van der Waals surface area contributed by atoms with Crippen molar-refractivity contribution < 1.29 is 24.0 Å². The lowest BCUT2D eigenvalue weighted by atomic mass is 9.96. The Morgan fingerprint density at radius 1 is 1.33 bits per heavy atom. The Kier molecular flexibility index (Phi) is 4.15. The minimum atomic E-state index is -0.908. The smallest absolute Gasteiger partial charge is 0.306 e. The standard InChI is InChI=1S/C13H13FN2O5/c14-9-1-2-10(11(7-9)16(20)21)12(17)15-5-3-8(4-6-15)13(18)19/h1-2,7-8H,3-6H2,(H,18,19). The molecule has 7 nitrogen and oxygen atoms in total. The van der Waals surface area contributed by atoms with Gasteiger partial charge in [0.05, 0.1) is 16.9 Å². The van der Waals surface area contributed by atoms with Gasteiger partial charge in [-0.15, -0.1) is 0 Å². The number of hydrogen-bond acceptors (Lipinski definition) is 4. The monoisotopic (exact) mass is 296 g/mol. The molecule has 0 aliphatic carbocycles. The highest BCUT2D eigenvalue weighted by Crippen LogP contribution is 2.24. The van der Waals surface area contributed by atoms with Gasteiger partial charge in [-0.1, -0.05) is 0 Å². The number of piperidine rings is 1. The molecule has 1 aromatic carbocycles. The molecule has 1 fully saturated rings. The number of nitrogens with zero attached hydrogens (tertiary/aromatic N) is 2. The Morgan fingerprint density at radius 2 is 1.95 bits per heavy atom. The molecule has 1 aromatic rings. The largest absolute Gasteiger partial charge is 0.481 e. The third-order valence-corrected chi connectivity index (χ3v) is 3.52. The molecule has 1 aliphatic heterocycles. The van der Waals surface area contributed by atoms with Gasteiger partial charge in [-0.25, -0.2) is 4.39 Å². The number of carboxylic acids is 1. The number of nitro benzene ring substituents is 1. The maximum atomic E-state index is 13.1. The number of rotatable bonds is 3. The summed E-state index contributed by atoms with van der Waals surface area (Å²) >= 11 is 0. The van der Waals surface area contributed by atoms with Gasteiger partial charge < -0.3 is 10.0 Å². The van der Waals surface area contributed by atoms with Crippen molar-refractivity contribution in [2.75, 3.05) is 13.1 Å². The van der Waals surface area contributed by atoms with E-state index >= 15 is 0 Å². The summed E-state index contributed by atoms with van der Waals surface area (Å²) < 4.78 is 13.1. The first-order chi connectivity index (χ1) is 9.90. The van der Waals surface area contributed by atoms with Crippen molar-refractivity contribution in [2.24, 2.45) is 5.92 Å². The first kappa shape index (κ1) is 14.9. The van der Waals surface area contributed by atoms with Crippen molar-refractivity contribution in [3.05, 3.63) is 39.7 Å². The third kappa shape index (κ3) is 3.15. The Bertz CT molecular complexity index is 596. The molecule has 0 saturated carbocycles. The zero-order chi connectivity index (χ0) is 15.6. The molecular weight excluding hydrogens is 283 g/mol. The molecule has 1 N–H and O–H groups in total. The van der Waals surface area contributed by atoms with Crippen LogP contribution in [-0.2, 0) is 4.79 Å². The molecule has 1 aliphatic rings. The third-order valence-electron chi connectivity index (χ3n) is 3.52. The average Bonchev–Trinajstić information content (AvgIpc) is 2.46. The Balaban J connectivity index is 2.18. The molecule has 0 aromatic heterocycles. The fourth-order valence-electron chi connectivity index (χ4n) is 2.34. The second-order valence-electron chi connectivity index (χ2n) is 4.82. The van der Waals surface area contributed by atoms with E-state index in [1.165, 1.54) is 4.90 Å². The number of benzene rings is 1. The van der Waals surface area contributed by atoms with Crippen LogP contribution in [0.2, 0.25) is 0 Å². The number of aliphatic carboxylic acids is 1. The highest BCUT2D eigenvalue weighted by molar-refractivity contribution is 5.98. The zero-order valence-electron chi connectivity index (χ0n) is 11.0. The van der Waals surface area contributed by atoms with Crippen molar-refractivity contribution in [1.29, 1.82) is 0 Å². The van der Waals surface area contributed by atoms with Gasteiger partial charge in [0.15, 0.2) is 0 Å². The number of nitro groups is 1. The van der Waals surface area contributed by atoms with Crippen LogP contribution in [0.25, 0.3) is 0 Å². The molecule has 0 unspecified atom stereocenters. The van der Waals surface area contributed by atoms with Crippen molar-refractivity contribution in [2.45, 2.75) is 12.8 Å². The average molecular weight is 296 g/mol. The van der Waals surface area contributed by atoms with Gasteiger partial charge in [0.1, 0.15) is 11.4 Å². The summed E-state index contributed by atoms with van der Waals surface area (Å²) in [6, 6.07) is 2.78. The van der Waals surface area contributed by atoms with Crippen LogP contribution in [-0.4, -0.2) is 39.9 Å². The van der Waals surface area contributed by atoms with Gasteiger partial charge in [0.2, 0.25) is 0 Å². The molecule has 0 bridgehead atoms. The first-order valence-corrected chi connectivity index (χ1v) is 6.36. The number of carboxylic acid groups (broad SMARTS) is 1. The number of halogens is 1. The van der Waals surface area contributed by atoms with Crippen LogP contribution in [0.3, 0.4) is 0 Å². The predicted molar refractivity (Wildman–Crippen MR) is 69.3 cm³/mol. The summed E-state index contributed by atoms with van der Waals surface area (Å²) in [7, 11) is 0. The lowest BCUT2D eigenvalue weighted by Crippen LogP contribution is -2.40. The molecule has 0 radical (unpaired) electrons. The van der Waals surface area contributed by atoms with Crippen molar-refractivity contribution in [3.63, 3.8) is 0 Å². The van der Waals surface area contributed by atoms with E-state index in [1.807, 2.05) is 0 Å². The number of amides is 1. The van der Waals surface area contributed by atoms with Gasteiger partial charge in [-0.2, -0.15) is 0 Å². The zero-order valence-corrected chi connectivity index (χ0v) is 11.0. The minimum Gasteiger partial charge on any atom is -0.481 e. The highest BCUT2D eigenvalue weighted by atomic mass is 19.1. The summed E-state index contributed by atoms with van der Waals surface area (Å²) in [5, 5.41) is 19.8. The Hall–Kier alpha value is -2.51.